The van der Waals surface area contributed by atoms with Gasteiger partial charge in [0.15, 0.2) is 6.29 Å². The largest absolute Gasteiger partial charge is 0.392 e. The zero-order chi connectivity index (χ0) is 16.3. The predicted molar refractivity (Wildman–Crippen MR) is 88.2 cm³/mol. The van der Waals surface area contributed by atoms with Crippen molar-refractivity contribution in [3.63, 3.8) is 0 Å². The van der Waals surface area contributed by atoms with Gasteiger partial charge >= 0.3 is 0 Å². The molecule has 1 aromatic carbocycles. The number of aliphatic hydroxyl groups is 3. The van der Waals surface area contributed by atoms with Gasteiger partial charge in [-0.25, -0.2) is 0 Å². The van der Waals surface area contributed by atoms with E-state index in [0.29, 0.717) is 0 Å². The summed E-state index contributed by atoms with van der Waals surface area (Å²) in [5, 5.41) is 29.8. The van der Waals surface area contributed by atoms with Gasteiger partial charge in [-0.3, -0.25) is 4.98 Å². The zero-order valence-electron chi connectivity index (χ0n) is 13.2. The van der Waals surface area contributed by atoms with Crippen molar-refractivity contribution in [2.45, 2.75) is 39.6 Å². The van der Waals surface area contributed by atoms with E-state index in [1.807, 2.05) is 30.3 Å². The van der Waals surface area contributed by atoms with Crippen LogP contribution in [0.4, 0.5) is 0 Å². The predicted octanol–water partition coefficient (Wildman–Crippen LogP) is 2.51. The third kappa shape index (κ3) is 3.35. The molecule has 0 aliphatic carbocycles. The minimum Gasteiger partial charge on any atom is -0.392 e. The van der Waals surface area contributed by atoms with Gasteiger partial charge in [-0.1, -0.05) is 37.3 Å². The van der Waals surface area contributed by atoms with Crippen molar-refractivity contribution < 1.29 is 15.3 Å². The average molecular weight is 301 g/mol. The summed E-state index contributed by atoms with van der Waals surface area (Å²) < 4.78 is 0. The molecule has 0 spiro atoms. The molecule has 0 aliphatic heterocycles. The molecule has 0 saturated heterocycles. The Labute approximate surface area is 130 Å². The van der Waals surface area contributed by atoms with Gasteiger partial charge in [-0.2, -0.15) is 0 Å². The molecule has 4 heteroatoms. The number of pyridine rings is 1. The molecule has 2 atom stereocenters. The number of hydrogen-bond donors (Lipinski definition) is 3. The molecule has 2 rings (SSSR count). The van der Waals surface area contributed by atoms with Crippen LogP contribution in [-0.2, 0) is 6.42 Å². The molecule has 0 amide bonds. The first-order valence-corrected chi connectivity index (χ1v) is 7.50. The molecule has 2 unspecified atom stereocenters. The Morgan fingerprint density at radius 1 is 1.18 bits per heavy atom. The van der Waals surface area contributed by atoms with Crippen molar-refractivity contribution in [3.8, 4) is 0 Å². The van der Waals surface area contributed by atoms with E-state index >= 15 is 0 Å². The van der Waals surface area contributed by atoms with Gasteiger partial charge in [0.2, 0.25) is 0 Å². The number of nitrogens with zero attached hydrogens (tertiary/aromatic N) is 1. The number of rotatable bonds is 5. The molecule has 118 valence electrons. The summed E-state index contributed by atoms with van der Waals surface area (Å²) >= 11 is 0. The second kappa shape index (κ2) is 6.57. The quantitative estimate of drug-likeness (QED) is 0.742. The number of hydrogen-bond acceptors (Lipinski definition) is 4. The zero-order valence-corrected chi connectivity index (χ0v) is 13.2. The Hall–Kier alpha value is -1.75. The first-order chi connectivity index (χ1) is 10.4. The van der Waals surface area contributed by atoms with Crippen molar-refractivity contribution in [1.29, 1.82) is 0 Å². The highest BCUT2D eigenvalue weighted by Gasteiger charge is 2.34. The molecule has 22 heavy (non-hydrogen) atoms. The SMILES string of the molecule is CCc1ccc2ccc(C=CC(C)(C(C)O)C(O)O)cc2n1. The van der Waals surface area contributed by atoms with Crippen LogP contribution in [0.5, 0.6) is 0 Å². The first-order valence-electron chi connectivity index (χ1n) is 7.50. The first kappa shape index (κ1) is 16.6. The minimum absolute atomic E-state index is 0.881. The van der Waals surface area contributed by atoms with Crippen LogP contribution in [0.15, 0.2) is 36.4 Å². The molecule has 0 radical (unpaired) electrons. The number of aryl methyl sites for hydroxylation is 1. The summed E-state index contributed by atoms with van der Waals surface area (Å²) in [7, 11) is 0. The summed E-state index contributed by atoms with van der Waals surface area (Å²) in [6.07, 6.45) is 1.79. The van der Waals surface area contributed by atoms with Crippen molar-refractivity contribution in [3.05, 3.63) is 47.7 Å². The van der Waals surface area contributed by atoms with Crippen LogP contribution in [0.1, 0.15) is 32.0 Å². The Morgan fingerprint density at radius 3 is 2.45 bits per heavy atom. The van der Waals surface area contributed by atoms with E-state index in [9.17, 15) is 15.3 Å². The summed E-state index contributed by atoms with van der Waals surface area (Å²) in [5.74, 6) is 0. The number of aliphatic hydroxyl groups excluding tert-OH is 2. The maximum atomic E-state index is 9.78. The van der Waals surface area contributed by atoms with Gasteiger partial charge in [-0.15, -0.1) is 0 Å². The maximum Gasteiger partial charge on any atom is 0.162 e. The van der Waals surface area contributed by atoms with Crippen LogP contribution in [-0.4, -0.2) is 32.7 Å². The van der Waals surface area contributed by atoms with E-state index in [-0.39, 0.29) is 0 Å². The lowest BCUT2D eigenvalue weighted by atomic mass is 9.83. The molecular weight excluding hydrogens is 278 g/mol. The summed E-state index contributed by atoms with van der Waals surface area (Å²) in [6.45, 7) is 5.21. The fourth-order valence-corrected chi connectivity index (χ4v) is 2.19. The standard InChI is InChI=1S/C18H23NO3/c1-4-15-8-7-14-6-5-13(11-16(14)19-15)9-10-18(3,12(2)20)17(21)22/h5-12,17,20-22H,4H2,1-3H3. The van der Waals surface area contributed by atoms with Gasteiger partial charge in [0.25, 0.3) is 0 Å². The summed E-state index contributed by atoms with van der Waals surface area (Å²) in [6, 6.07) is 9.95. The third-order valence-electron chi connectivity index (χ3n) is 4.23. The molecule has 0 saturated carbocycles. The molecule has 3 N–H and O–H groups in total. The summed E-state index contributed by atoms with van der Waals surface area (Å²) in [5.41, 5.74) is 1.73. The lowest BCUT2D eigenvalue weighted by molar-refractivity contribution is -0.143. The van der Waals surface area contributed by atoms with Crippen LogP contribution < -0.4 is 0 Å². The van der Waals surface area contributed by atoms with E-state index in [1.54, 1.807) is 26.0 Å². The fraction of sp³-hybridized carbons (Fsp3) is 0.389. The Kier molecular flexibility index (Phi) is 4.96. The minimum atomic E-state index is -1.63. The van der Waals surface area contributed by atoms with E-state index in [4.69, 9.17) is 0 Å². The van der Waals surface area contributed by atoms with Crippen LogP contribution in [0.3, 0.4) is 0 Å². The van der Waals surface area contributed by atoms with Crippen LogP contribution in [0.25, 0.3) is 17.0 Å². The molecule has 4 nitrogen and oxygen atoms in total. The van der Waals surface area contributed by atoms with Crippen molar-refractivity contribution in [1.82, 2.24) is 4.98 Å². The monoisotopic (exact) mass is 301 g/mol. The Balaban J connectivity index is 2.36. The van der Waals surface area contributed by atoms with Gasteiger partial charge in [0.1, 0.15) is 0 Å². The molecule has 0 fully saturated rings. The van der Waals surface area contributed by atoms with Crippen molar-refractivity contribution in [2.24, 2.45) is 5.41 Å². The maximum absolute atomic E-state index is 9.78. The van der Waals surface area contributed by atoms with E-state index in [1.165, 1.54) is 0 Å². The van der Waals surface area contributed by atoms with Crippen molar-refractivity contribution >= 4 is 17.0 Å². The van der Waals surface area contributed by atoms with Gasteiger partial charge in [-0.05, 0) is 38.0 Å². The van der Waals surface area contributed by atoms with Crippen molar-refractivity contribution in [2.75, 3.05) is 0 Å². The molecular formula is C18H23NO3. The summed E-state index contributed by atoms with van der Waals surface area (Å²) in [4.78, 5) is 4.59. The van der Waals surface area contributed by atoms with Gasteiger partial charge < -0.3 is 15.3 Å². The average Bonchev–Trinajstić information content (AvgIpc) is 2.51. The fourth-order valence-electron chi connectivity index (χ4n) is 2.19. The smallest absolute Gasteiger partial charge is 0.162 e. The second-order valence-corrected chi connectivity index (χ2v) is 5.86. The van der Waals surface area contributed by atoms with Gasteiger partial charge in [0.05, 0.1) is 17.0 Å². The van der Waals surface area contributed by atoms with Crippen LogP contribution in [0.2, 0.25) is 0 Å². The number of benzene rings is 1. The second-order valence-electron chi connectivity index (χ2n) is 5.86. The Bertz CT molecular complexity index is 669. The lowest BCUT2D eigenvalue weighted by Crippen LogP contribution is -2.39. The molecule has 2 aromatic rings. The van der Waals surface area contributed by atoms with Gasteiger partial charge in [0, 0.05) is 11.1 Å². The van der Waals surface area contributed by atoms with E-state index in [0.717, 1.165) is 28.6 Å². The molecule has 0 bridgehead atoms. The normalized spacial score (nSPS) is 16.3. The van der Waals surface area contributed by atoms with E-state index < -0.39 is 17.8 Å². The topological polar surface area (TPSA) is 73.6 Å². The molecule has 1 aromatic heterocycles. The third-order valence-corrected chi connectivity index (χ3v) is 4.23. The Morgan fingerprint density at radius 2 is 1.86 bits per heavy atom. The molecule has 0 aliphatic rings. The highest BCUT2D eigenvalue weighted by Crippen LogP contribution is 2.28. The highest BCUT2D eigenvalue weighted by atomic mass is 16.5. The molecule has 1 heterocycles. The lowest BCUT2D eigenvalue weighted by Gasteiger charge is -2.31. The highest BCUT2D eigenvalue weighted by molar-refractivity contribution is 5.81. The van der Waals surface area contributed by atoms with Crippen LogP contribution in [0, 0.1) is 5.41 Å². The van der Waals surface area contributed by atoms with E-state index in [2.05, 4.69) is 11.9 Å². The number of aromatic nitrogens is 1. The van der Waals surface area contributed by atoms with Crippen LogP contribution >= 0.6 is 0 Å². The number of fused-ring (bicyclic) bond motifs is 1.